The summed E-state index contributed by atoms with van der Waals surface area (Å²) in [5, 5.41) is 2.69. The third-order valence-corrected chi connectivity index (χ3v) is 6.48. The normalized spacial score (nSPS) is 11.2. The first-order valence-electron chi connectivity index (χ1n) is 10.4. The lowest BCUT2D eigenvalue weighted by atomic mass is 10.0. The summed E-state index contributed by atoms with van der Waals surface area (Å²) in [7, 11) is 1.65. The predicted molar refractivity (Wildman–Crippen MR) is 129 cm³/mol. The van der Waals surface area contributed by atoms with Gasteiger partial charge in [0, 0.05) is 31.0 Å². The fourth-order valence-electron chi connectivity index (χ4n) is 3.81. The number of aromatic nitrogens is 3. The van der Waals surface area contributed by atoms with Crippen molar-refractivity contribution < 1.29 is 9.53 Å². The Morgan fingerprint density at radius 2 is 2.00 bits per heavy atom. The van der Waals surface area contributed by atoms with Gasteiger partial charge < -0.3 is 9.30 Å². The fraction of sp³-hybridized carbons (Fsp3) is 0.160. The van der Waals surface area contributed by atoms with Crippen molar-refractivity contribution >= 4 is 43.4 Å². The first-order valence-corrected chi connectivity index (χ1v) is 11.2. The van der Waals surface area contributed by atoms with Crippen LogP contribution in [0.2, 0.25) is 0 Å². The minimum absolute atomic E-state index is 0.0431. The summed E-state index contributed by atoms with van der Waals surface area (Å²) < 4.78 is 8.36. The number of aryl methyl sites for hydroxylation is 1. The van der Waals surface area contributed by atoms with Crippen LogP contribution in [0.5, 0.6) is 5.75 Å². The van der Waals surface area contributed by atoms with Crippen molar-refractivity contribution in [2.24, 2.45) is 0 Å². The fourth-order valence-corrected chi connectivity index (χ4v) is 4.83. The largest absolute Gasteiger partial charge is 0.497 e. The van der Waals surface area contributed by atoms with Crippen LogP contribution in [0.4, 0.5) is 5.13 Å². The monoisotopic (exact) mass is 442 g/mol. The van der Waals surface area contributed by atoms with E-state index in [4.69, 9.17) is 9.72 Å². The summed E-state index contributed by atoms with van der Waals surface area (Å²) in [4.78, 5) is 24.5. The van der Waals surface area contributed by atoms with Gasteiger partial charge in [-0.15, -0.1) is 0 Å². The van der Waals surface area contributed by atoms with Gasteiger partial charge in [-0.05, 0) is 41.5 Å². The van der Waals surface area contributed by atoms with Crippen molar-refractivity contribution in [1.82, 2.24) is 14.5 Å². The molecule has 0 saturated heterocycles. The Kier molecular flexibility index (Phi) is 5.56. The summed E-state index contributed by atoms with van der Waals surface area (Å²) in [6.45, 7) is 1.33. The molecule has 0 radical (unpaired) electrons. The smallest absolute Gasteiger partial charge is 0.260 e. The van der Waals surface area contributed by atoms with Crippen molar-refractivity contribution in [1.29, 1.82) is 0 Å². The number of ether oxygens (including phenoxy) is 1. The van der Waals surface area contributed by atoms with Crippen molar-refractivity contribution in [3.8, 4) is 5.75 Å². The number of nitrogens with zero attached hydrogens (tertiary/aromatic N) is 4. The van der Waals surface area contributed by atoms with E-state index >= 15 is 0 Å². The van der Waals surface area contributed by atoms with Gasteiger partial charge in [0.15, 0.2) is 5.13 Å². The Hall–Kier alpha value is -3.71. The summed E-state index contributed by atoms with van der Waals surface area (Å²) in [5.74, 6) is 0.734. The third kappa shape index (κ3) is 3.94. The maximum Gasteiger partial charge on any atom is 0.260 e. The highest BCUT2D eigenvalue weighted by molar-refractivity contribution is 7.22. The molecule has 0 bridgehead atoms. The zero-order valence-corrected chi connectivity index (χ0v) is 18.5. The SMILES string of the molecule is COc1ccc2nc(N(CCCn3ccnc3)C(=O)c3cccc4ccccc34)sc2c1. The summed E-state index contributed by atoms with van der Waals surface area (Å²) in [5.41, 5.74) is 1.54. The van der Waals surface area contributed by atoms with Crippen LogP contribution in [0.15, 0.2) is 79.4 Å². The number of carbonyl (C=O) groups is 1. The summed E-state index contributed by atoms with van der Waals surface area (Å²) in [6.07, 6.45) is 6.27. The highest BCUT2D eigenvalue weighted by Crippen LogP contribution is 2.33. The molecule has 0 fully saturated rings. The molecule has 2 heterocycles. The Morgan fingerprint density at radius 3 is 2.84 bits per heavy atom. The third-order valence-electron chi connectivity index (χ3n) is 5.44. The summed E-state index contributed by atoms with van der Waals surface area (Å²) in [6, 6.07) is 19.6. The number of rotatable bonds is 7. The number of hydrogen-bond acceptors (Lipinski definition) is 5. The molecule has 6 nitrogen and oxygen atoms in total. The van der Waals surface area contributed by atoms with Gasteiger partial charge in [0.1, 0.15) is 5.75 Å². The molecular formula is C25H22N4O2S. The average molecular weight is 443 g/mol. The van der Waals surface area contributed by atoms with Crippen LogP contribution in [-0.2, 0) is 6.54 Å². The lowest BCUT2D eigenvalue weighted by Crippen LogP contribution is -2.32. The van der Waals surface area contributed by atoms with Gasteiger partial charge in [-0.2, -0.15) is 0 Å². The highest BCUT2D eigenvalue weighted by Gasteiger charge is 2.22. The first-order chi connectivity index (χ1) is 15.7. The molecule has 1 amide bonds. The number of anilines is 1. The van der Waals surface area contributed by atoms with Gasteiger partial charge in [-0.25, -0.2) is 9.97 Å². The Bertz CT molecular complexity index is 1370. The lowest BCUT2D eigenvalue weighted by molar-refractivity contribution is 0.0988. The van der Waals surface area contributed by atoms with Crippen LogP contribution in [0.1, 0.15) is 16.8 Å². The minimum Gasteiger partial charge on any atom is -0.497 e. The second-order valence-electron chi connectivity index (χ2n) is 7.47. The molecule has 7 heteroatoms. The molecule has 5 rings (SSSR count). The maximum atomic E-state index is 13.8. The van der Waals surface area contributed by atoms with E-state index in [1.54, 1.807) is 24.5 Å². The van der Waals surface area contributed by atoms with Crippen molar-refractivity contribution in [2.45, 2.75) is 13.0 Å². The molecule has 3 aromatic carbocycles. The molecule has 0 aliphatic heterocycles. The van der Waals surface area contributed by atoms with Gasteiger partial charge in [0.2, 0.25) is 0 Å². The van der Waals surface area contributed by atoms with E-state index in [1.165, 1.54) is 11.3 Å². The van der Waals surface area contributed by atoms with Gasteiger partial charge >= 0.3 is 0 Å². The number of amides is 1. The van der Waals surface area contributed by atoms with E-state index in [0.29, 0.717) is 17.2 Å². The molecule has 2 aromatic heterocycles. The number of carbonyl (C=O) groups excluding carboxylic acids is 1. The highest BCUT2D eigenvalue weighted by atomic mass is 32.1. The number of imidazole rings is 1. The van der Waals surface area contributed by atoms with E-state index in [9.17, 15) is 4.79 Å². The van der Waals surface area contributed by atoms with Gasteiger partial charge in [-0.3, -0.25) is 9.69 Å². The van der Waals surface area contributed by atoms with E-state index in [2.05, 4.69) is 4.98 Å². The van der Waals surface area contributed by atoms with E-state index in [-0.39, 0.29) is 5.91 Å². The zero-order chi connectivity index (χ0) is 21.9. The first kappa shape index (κ1) is 20.2. The molecule has 0 aliphatic carbocycles. The van der Waals surface area contributed by atoms with Gasteiger partial charge in [0.25, 0.3) is 5.91 Å². The molecule has 0 atom stereocenters. The number of benzene rings is 3. The van der Waals surface area contributed by atoms with Gasteiger partial charge in [-0.1, -0.05) is 47.7 Å². The van der Waals surface area contributed by atoms with E-state index < -0.39 is 0 Å². The molecule has 0 unspecified atom stereocenters. The van der Waals surface area contributed by atoms with Crippen LogP contribution in [0.25, 0.3) is 21.0 Å². The topological polar surface area (TPSA) is 60.2 Å². The molecule has 0 spiro atoms. The Labute approximate surface area is 189 Å². The Morgan fingerprint density at radius 1 is 1.12 bits per heavy atom. The Balaban J connectivity index is 1.52. The second-order valence-corrected chi connectivity index (χ2v) is 8.48. The van der Waals surface area contributed by atoms with Crippen molar-refractivity contribution in [3.05, 3.63) is 84.9 Å². The van der Waals surface area contributed by atoms with Crippen molar-refractivity contribution in [2.75, 3.05) is 18.6 Å². The predicted octanol–water partition coefficient (Wildman–Crippen LogP) is 5.39. The van der Waals surface area contributed by atoms with Crippen molar-refractivity contribution in [3.63, 3.8) is 0 Å². The maximum absolute atomic E-state index is 13.8. The quantitative estimate of drug-likeness (QED) is 0.339. The average Bonchev–Trinajstić information content (AvgIpc) is 3.50. The van der Waals surface area contributed by atoms with Crippen LogP contribution >= 0.6 is 11.3 Å². The number of thiazole rings is 1. The molecular weight excluding hydrogens is 420 g/mol. The number of hydrogen-bond donors (Lipinski definition) is 0. The van der Waals surface area contributed by atoms with Crippen LogP contribution in [0, 0.1) is 0 Å². The molecule has 32 heavy (non-hydrogen) atoms. The van der Waals surface area contributed by atoms with E-state index in [0.717, 1.165) is 39.7 Å². The molecule has 0 saturated carbocycles. The van der Waals surface area contributed by atoms with Crippen LogP contribution < -0.4 is 9.64 Å². The van der Waals surface area contributed by atoms with Crippen LogP contribution in [-0.4, -0.2) is 34.1 Å². The molecule has 0 N–H and O–H groups in total. The standard InChI is InChI=1S/C25H22N4O2S/c1-31-19-10-11-22-23(16-19)32-25(27-22)29(14-5-13-28-15-12-26-17-28)24(30)21-9-4-7-18-6-2-3-8-20(18)21/h2-4,6-12,15-17H,5,13-14H2,1H3. The molecule has 5 aromatic rings. The molecule has 160 valence electrons. The molecule has 0 aliphatic rings. The summed E-state index contributed by atoms with van der Waals surface area (Å²) >= 11 is 1.51. The lowest BCUT2D eigenvalue weighted by Gasteiger charge is -2.21. The second kappa shape index (κ2) is 8.80. The number of methoxy groups -OCH3 is 1. The minimum atomic E-state index is -0.0431. The zero-order valence-electron chi connectivity index (χ0n) is 17.6. The number of fused-ring (bicyclic) bond motifs is 2. The van der Waals surface area contributed by atoms with Gasteiger partial charge in [0.05, 0.1) is 23.7 Å². The van der Waals surface area contributed by atoms with Crippen LogP contribution in [0.3, 0.4) is 0 Å². The van der Waals surface area contributed by atoms with E-state index in [1.807, 2.05) is 71.4 Å².